The Balaban J connectivity index is 1.76. The summed E-state index contributed by atoms with van der Waals surface area (Å²) < 4.78 is 1.13. The second kappa shape index (κ2) is 8.87. The van der Waals surface area contributed by atoms with Gasteiger partial charge in [-0.05, 0) is 51.2 Å². The van der Waals surface area contributed by atoms with Crippen molar-refractivity contribution in [3.8, 4) is 0 Å². The summed E-state index contributed by atoms with van der Waals surface area (Å²) in [6, 6.07) is 15.0. The zero-order valence-corrected chi connectivity index (χ0v) is 16.9. The van der Waals surface area contributed by atoms with Gasteiger partial charge in [-0.3, -0.25) is 14.2 Å². The Kier molecular flexibility index (Phi) is 6.29. The summed E-state index contributed by atoms with van der Waals surface area (Å²) in [6.45, 7) is 2.51. The van der Waals surface area contributed by atoms with Crippen molar-refractivity contribution in [2.75, 3.05) is 20.6 Å². The number of amides is 1. The van der Waals surface area contributed by atoms with E-state index in [4.69, 9.17) is 0 Å². The van der Waals surface area contributed by atoms with Crippen molar-refractivity contribution in [2.45, 2.75) is 25.9 Å². The summed E-state index contributed by atoms with van der Waals surface area (Å²) in [6.07, 6.45) is 0.815. The maximum absolute atomic E-state index is 12.7. The fourth-order valence-corrected chi connectivity index (χ4v) is 3.32. The second-order valence-corrected chi connectivity index (χ2v) is 7.26. The first kappa shape index (κ1) is 20.5. The van der Waals surface area contributed by atoms with E-state index < -0.39 is 5.69 Å². The molecule has 1 amide bonds. The highest BCUT2D eigenvalue weighted by atomic mass is 16.2. The van der Waals surface area contributed by atoms with Gasteiger partial charge in [-0.1, -0.05) is 30.3 Å². The summed E-state index contributed by atoms with van der Waals surface area (Å²) >= 11 is 0. The summed E-state index contributed by atoms with van der Waals surface area (Å²) in [5, 5.41) is 3.35. The van der Waals surface area contributed by atoms with E-state index in [1.165, 1.54) is 5.56 Å². The molecule has 1 heterocycles. The largest absolute Gasteiger partial charge is 0.350 e. The highest BCUT2D eigenvalue weighted by molar-refractivity contribution is 5.97. The van der Waals surface area contributed by atoms with E-state index in [-0.39, 0.29) is 17.5 Å². The molecule has 0 aliphatic carbocycles. The van der Waals surface area contributed by atoms with Crippen molar-refractivity contribution in [1.82, 2.24) is 19.8 Å². The summed E-state index contributed by atoms with van der Waals surface area (Å²) in [7, 11) is 3.97. The molecule has 0 saturated heterocycles. The first-order chi connectivity index (χ1) is 13.9. The SMILES string of the molecule is CCn1c(=O)[nH]c2cc(C(=O)NC[C@H](Cc3ccccc3)N(C)C)ccc2c1=O. The lowest BCUT2D eigenvalue weighted by Crippen LogP contribution is -2.41. The van der Waals surface area contributed by atoms with Crippen molar-refractivity contribution >= 4 is 16.8 Å². The predicted molar refractivity (Wildman–Crippen MR) is 114 cm³/mol. The van der Waals surface area contributed by atoms with Crippen molar-refractivity contribution in [2.24, 2.45) is 0 Å². The number of carbonyl (C=O) groups is 1. The Morgan fingerprint density at radius 2 is 1.86 bits per heavy atom. The number of nitrogens with one attached hydrogen (secondary N) is 2. The van der Waals surface area contributed by atoms with Gasteiger partial charge in [-0.2, -0.15) is 0 Å². The third-order valence-corrected chi connectivity index (χ3v) is 5.10. The third-order valence-electron chi connectivity index (χ3n) is 5.10. The van der Waals surface area contributed by atoms with E-state index in [9.17, 15) is 14.4 Å². The second-order valence-electron chi connectivity index (χ2n) is 7.26. The van der Waals surface area contributed by atoms with Crippen LogP contribution in [-0.4, -0.2) is 47.0 Å². The van der Waals surface area contributed by atoms with Crippen molar-refractivity contribution in [3.05, 3.63) is 80.5 Å². The quantitative estimate of drug-likeness (QED) is 0.637. The Morgan fingerprint density at radius 1 is 1.14 bits per heavy atom. The number of carbonyl (C=O) groups excluding carboxylic acids is 1. The fourth-order valence-electron chi connectivity index (χ4n) is 3.32. The molecule has 0 spiro atoms. The monoisotopic (exact) mass is 394 g/mol. The van der Waals surface area contributed by atoms with Crippen LogP contribution in [0.2, 0.25) is 0 Å². The molecule has 0 radical (unpaired) electrons. The molecule has 0 saturated carbocycles. The number of H-pyrrole nitrogens is 1. The van der Waals surface area contributed by atoms with Gasteiger partial charge in [0, 0.05) is 24.7 Å². The Bertz CT molecular complexity index is 1120. The van der Waals surface area contributed by atoms with Crippen LogP contribution in [0.25, 0.3) is 10.9 Å². The summed E-state index contributed by atoms with van der Waals surface area (Å²) in [5.41, 5.74) is 1.15. The molecule has 0 aliphatic rings. The van der Waals surface area contributed by atoms with E-state index in [1.807, 2.05) is 32.3 Å². The maximum atomic E-state index is 12.7. The average molecular weight is 394 g/mol. The molecule has 3 rings (SSSR count). The molecule has 2 N–H and O–H groups in total. The van der Waals surface area contributed by atoms with E-state index >= 15 is 0 Å². The predicted octanol–water partition coefficient (Wildman–Crippen LogP) is 1.61. The topological polar surface area (TPSA) is 87.2 Å². The molecule has 152 valence electrons. The molecule has 0 unspecified atom stereocenters. The van der Waals surface area contributed by atoms with Crippen LogP contribution in [0, 0.1) is 0 Å². The Morgan fingerprint density at radius 3 is 2.52 bits per heavy atom. The first-order valence-electron chi connectivity index (χ1n) is 9.66. The minimum atomic E-state index is -0.474. The van der Waals surface area contributed by atoms with Crippen LogP contribution >= 0.6 is 0 Å². The number of likely N-dealkylation sites (N-methyl/N-ethyl adjacent to an activating group) is 1. The molecule has 7 heteroatoms. The zero-order chi connectivity index (χ0) is 21.0. The molecule has 1 atom stereocenters. The maximum Gasteiger partial charge on any atom is 0.328 e. The molecule has 7 nitrogen and oxygen atoms in total. The van der Waals surface area contributed by atoms with E-state index in [2.05, 4.69) is 27.3 Å². The molecular weight excluding hydrogens is 368 g/mol. The number of nitrogens with zero attached hydrogens (tertiary/aromatic N) is 2. The van der Waals surface area contributed by atoms with Crippen molar-refractivity contribution in [3.63, 3.8) is 0 Å². The molecule has 0 fully saturated rings. The molecule has 0 aliphatic heterocycles. The minimum absolute atomic E-state index is 0.137. The average Bonchev–Trinajstić information content (AvgIpc) is 2.71. The van der Waals surface area contributed by atoms with Crippen LogP contribution in [-0.2, 0) is 13.0 Å². The van der Waals surface area contributed by atoms with Gasteiger partial charge < -0.3 is 15.2 Å². The van der Waals surface area contributed by atoms with Gasteiger partial charge in [0.15, 0.2) is 0 Å². The molecule has 1 aromatic heterocycles. The summed E-state index contributed by atoms with van der Waals surface area (Å²) in [5.74, 6) is -0.243. The standard InChI is InChI=1S/C22H26N4O3/c1-4-26-21(28)18-11-10-16(13-19(18)24-22(26)29)20(27)23-14-17(25(2)3)12-15-8-6-5-7-9-15/h5-11,13,17H,4,12,14H2,1-3H3,(H,23,27)(H,24,29)/t17-/m0/s1. The van der Waals surface area contributed by atoms with Gasteiger partial charge in [-0.25, -0.2) is 4.79 Å². The first-order valence-corrected chi connectivity index (χ1v) is 9.66. The van der Waals surface area contributed by atoms with Crippen LogP contribution in [0.5, 0.6) is 0 Å². The van der Waals surface area contributed by atoms with Gasteiger partial charge in [0.25, 0.3) is 11.5 Å². The van der Waals surface area contributed by atoms with Crippen LogP contribution in [0.1, 0.15) is 22.8 Å². The van der Waals surface area contributed by atoms with Crippen molar-refractivity contribution in [1.29, 1.82) is 0 Å². The van der Waals surface area contributed by atoms with Crippen LogP contribution < -0.4 is 16.6 Å². The van der Waals surface area contributed by atoms with Gasteiger partial charge >= 0.3 is 5.69 Å². The zero-order valence-electron chi connectivity index (χ0n) is 16.9. The van der Waals surface area contributed by atoms with Crippen LogP contribution in [0.3, 0.4) is 0 Å². The number of benzene rings is 2. The van der Waals surface area contributed by atoms with Crippen LogP contribution in [0.4, 0.5) is 0 Å². The number of hydrogen-bond acceptors (Lipinski definition) is 4. The third kappa shape index (κ3) is 4.63. The highest BCUT2D eigenvalue weighted by Crippen LogP contribution is 2.10. The normalized spacial score (nSPS) is 12.3. The fraction of sp³-hybridized carbons (Fsp3) is 0.318. The van der Waals surface area contributed by atoms with E-state index in [1.54, 1.807) is 25.1 Å². The number of aromatic amines is 1. The van der Waals surface area contributed by atoms with Gasteiger partial charge in [0.2, 0.25) is 0 Å². The molecule has 2 aromatic carbocycles. The van der Waals surface area contributed by atoms with Crippen molar-refractivity contribution < 1.29 is 4.79 Å². The molecular formula is C22H26N4O3. The van der Waals surface area contributed by atoms with Crippen LogP contribution in [0.15, 0.2) is 58.1 Å². The van der Waals surface area contributed by atoms with Gasteiger partial charge in [0.05, 0.1) is 10.9 Å². The lowest BCUT2D eigenvalue weighted by molar-refractivity contribution is 0.0942. The lowest BCUT2D eigenvalue weighted by atomic mass is 10.0. The smallest absolute Gasteiger partial charge is 0.328 e. The minimum Gasteiger partial charge on any atom is -0.350 e. The molecule has 3 aromatic rings. The van der Waals surface area contributed by atoms with E-state index in [0.717, 1.165) is 11.0 Å². The molecule has 29 heavy (non-hydrogen) atoms. The number of hydrogen-bond donors (Lipinski definition) is 2. The Hall–Kier alpha value is -3.19. The number of aromatic nitrogens is 2. The Labute approximate surface area is 169 Å². The lowest BCUT2D eigenvalue weighted by Gasteiger charge is -2.24. The number of rotatable bonds is 7. The van der Waals surface area contributed by atoms with E-state index in [0.29, 0.717) is 29.6 Å². The number of fused-ring (bicyclic) bond motifs is 1. The van der Waals surface area contributed by atoms with Gasteiger partial charge in [0.1, 0.15) is 0 Å². The highest BCUT2D eigenvalue weighted by Gasteiger charge is 2.15. The summed E-state index contributed by atoms with van der Waals surface area (Å²) in [4.78, 5) is 41.8. The van der Waals surface area contributed by atoms with Gasteiger partial charge in [-0.15, -0.1) is 0 Å². The molecule has 0 bridgehead atoms.